The molecule has 0 spiro atoms. The van der Waals surface area contributed by atoms with Crippen LogP contribution in [0.3, 0.4) is 0 Å². The molecule has 0 bridgehead atoms. The van der Waals surface area contributed by atoms with Crippen LogP contribution in [0.2, 0.25) is 0 Å². The van der Waals surface area contributed by atoms with Crippen molar-refractivity contribution in [3.8, 4) is 0 Å². The van der Waals surface area contributed by atoms with Gasteiger partial charge in [-0.15, -0.1) is 0 Å². The molecule has 0 aromatic heterocycles. The van der Waals surface area contributed by atoms with E-state index >= 15 is 0 Å². The molecule has 0 saturated heterocycles. The summed E-state index contributed by atoms with van der Waals surface area (Å²) in [6.45, 7) is 10.2. The number of hydrogen-bond acceptors (Lipinski definition) is 8. The van der Waals surface area contributed by atoms with Crippen molar-refractivity contribution < 1.29 is 36.5 Å². The Morgan fingerprint density at radius 2 is 1.59 bits per heavy atom. The Bertz CT molecular complexity index is 1090. The predicted octanol–water partition coefficient (Wildman–Crippen LogP) is 4.63. The maximum absolute atomic E-state index is 12.5. The molecule has 0 radical (unpaired) electrons. The topological polar surface area (TPSA) is 125 Å². The highest BCUT2D eigenvalue weighted by Gasteiger charge is 2.64. The smallest absolute Gasteiger partial charge is 0.302 e. The van der Waals surface area contributed by atoms with Gasteiger partial charge >= 0.3 is 11.9 Å². The molecule has 4 fully saturated rings. The Labute approximate surface area is 246 Å². The molecular weight excluding hydrogens is 546 g/mol. The molecular formula is C31H51NO8S. The molecule has 0 unspecified atom stereocenters. The van der Waals surface area contributed by atoms with Gasteiger partial charge < -0.3 is 14.8 Å². The van der Waals surface area contributed by atoms with Crippen LogP contribution in [0.25, 0.3) is 0 Å². The number of amides is 1. The normalized spacial score (nSPS) is 39.0. The van der Waals surface area contributed by atoms with Crippen LogP contribution in [0.4, 0.5) is 0 Å². The van der Waals surface area contributed by atoms with Crippen molar-refractivity contribution in [2.45, 2.75) is 111 Å². The van der Waals surface area contributed by atoms with E-state index in [-0.39, 0.29) is 53.2 Å². The summed E-state index contributed by atoms with van der Waals surface area (Å²) in [7, 11) is -2.47. The van der Waals surface area contributed by atoms with E-state index in [1.807, 2.05) is 0 Å². The molecule has 0 aromatic rings. The van der Waals surface area contributed by atoms with Crippen molar-refractivity contribution >= 4 is 28.0 Å². The summed E-state index contributed by atoms with van der Waals surface area (Å²) in [5.41, 5.74) is 0.275. The van der Waals surface area contributed by atoms with E-state index in [1.165, 1.54) is 13.8 Å². The van der Waals surface area contributed by atoms with Gasteiger partial charge in [-0.1, -0.05) is 20.8 Å². The van der Waals surface area contributed by atoms with E-state index in [1.54, 1.807) is 0 Å². The lowest BCUT2D eigenvalue weighted by atomic mass is 9.43. The number of fused-ring (bicyclic) bond motifs is 5. The van der Waals surface area contributed by atoms with Gasteiger partial charge in [0.1, 0.15) is 12.2 Å². The lowest BCUT2D eigenvalue weighted by Crippen LogP contribution is -2.59. The van der Waals surface area contributed by atoms with Gasteiger partial charge in [-0.3, -0.25) is 18.6 Å². The van der Waals surface area contributed by atoms with Crippen LogP contribution in [0.5, 0.6) is 0 Å². The Hall–Kier alpha value is -1.68. The Kier molecular flexibility index (Phi) is 9.84. The molecule has 0 aromatic carbocycles. The van der Waals surface area contributed by atoms with E-state index in [9.17, 15) is 22.8 Å². The molecule has 4 saturated carbocycles. The highest BCUT2D eigenvalue weighted by atomic mass is 32.2. The first-order valence-corrected chi connectivity index (χ1v) is 17.2. The fourth-order valence-electron chi connectivity index (χ4n) is 9.86. The lowest BCUT2D eigenvalue weighted by Gasteiger charge is -2.62. The summed E-state index contributed by atoms with van der Waals surface area (Å²) >= 11 is 0. The molecule has 9 nitrogen and oxygen atoms in total. The summed E-state index contributed by atoms with van der Waals surface area (Å²) in [6.07, 6.45) is 9.05. The maximum Gasteiger partial charge on any atom is 0.302 e. The summed E-state index contributed by atoms with van der Waals surface area (Å²) in [6, 6.07) is 0. The van der Waals surface area contributed by atoms with Gasteiger partial charge in [0.05, 0.1) is 12.9 Å². The SMILES string of the molecule is COS(=O)(=O)CCNC(=O)CC[C@@H](C)[C@H]1CC[C@H]2[C@@H]3[C@H](OC(C)=O)C[C@@H]4C[C@H](OC(C)=O)CC[C@]4(C)[C@H]3CC[C@]12C. The third-order valence-electron chi connectivity index (χ3n) is 11.8. The van der Waals surface area contributed by atoms with E-state index in [4.69, 9.17) is 9.47 Å². The molecule has 1 amide bonds. The van der Waals surface area contributed by atoms with Crippen molar-refractivity contribution in [3.63, 3.8) is 0 Å². The number of ether oxygens (including phenoxy) is 2. The second-order valence-electron chi connectivity index (χ2n) is 13.9. The zero-order valence-electron chi connectivity index (χ0n) is 25.8. The number of esters is 2. The zero-order valence-corrected chi connectivity index (χ0v) is 26.6. The molecule has 4 aliphatic rings. The molecule has 0 aliphatic heterocycles. The number of rotatable bonds is 10. The Morgan fingerprint density at radius 3 is 2.24 bits per heavy atom. The average molecular weight is 598 g/mol. The molecule has 10 atom stereocenters. The van der Waals surface area contributed by atoms with Gasteiger partial charge in [0.15, 0.2) is 0 Å². The molecule has 41 heavy (non-hydrogen) atoms. The van der Waals surface area contributed by atoms with Crippen LogP contribution in [-0.4, -0.2) is 57.9 Å². The zero-order chi connectivity index (χ0) is 30.2. The van der Waals surface area contributed by atoms with Crippen LogP contribution in [0.15, 0.2) is 0 Å². The Morgan fingerprint density at radius 1 is 0.927 bits per heavy atom. The third-order valence-corrected chi connectivity index (χ3v) is 13.0. The minimum Gasteiger partial charge on any atom is -0.463 e. The summed E-state index contributed by atoms with van der Waals surface area (Å²) in [5.74, 6) is 1.67. The molecule has 234 valence electrons. The Balaban J connectivity index is 1.44. The molecule has 10 heteroatoms. The average Bonchev–Trinajstić information content (AvgIpc) is 3.24. The summed E-state index contributed by atoms with van der Waals surface area (Å²) in [4.78, 5) is 36.4. The first-order valence-electron chi connectivity index (χ1n) is 15.6. The molecule has 0 heterocycles. The van der Waals surface area contributed by atoms with Crippen LogP contribution in [-0.2, 0) is 38.2 Å². The second kappa shape index (κ2) is 12.5. The first-order chi connectivity index (χ1) is 19.2. The van der Waals surface area contributed by atoms with Crippen LogP contribution >= 0.6 is 0 Å². The minimum absolute atomic E-state index is 0.0488. The van der Waals surface area contributed by atoms with Gasteiger partial charge in [0.2, 0.25) is 5.91 Å². The number of hydrogen-bond donors (Lipinski definition) is 1. The standard InChI is InChI=1S/C31H51NO8S/c1-19(7-10-28(35)32-15-16-41(36,37)38-6)24-8-9-25-29-26(12-14-31(24,25)5)30(4)13-11-23(39-20(2)33)17-22(30)18-27(29)40-21(3)34/h19,22-27,29H,7-18H2,1-6H3,(H,32,35)/t19-,22+,23-,24-,25+,26+,27-,29+,30+,31-/m1/s1. The van der Waals surface area contributed by atoms with E-state index in [0.29, 0.717) is 41.9 Å². The summed E-state index contributed by atoms with van der Waals surface area (Å²) in [5, 5.41) is 2.72. The molecule has 4 aliphatic carbocycles. The van der Waals surface area contributed by atoms with Gasteiger partial charge in [-0.2, -0.15) is 8.42 Å². The van der Waals surface area contributed by atoms with Crippen molar-refractivity contribution in [1.29, 1.82) is 0 Å². The monoisotopic (exact) mass is 597 g/mol. The number of carbonyl (C=O) groups excluding carboxylic acids is 3. The van der Waals surface area contributed by atoms with Crippen LogP contribution in [0, 0.1) is 46.3 Å². The van der Waals surface area contributed by atoms with Crippen molar-refractivity contribution in [1.82, 2.24) is 5.32 Å². The fourth-order valence-corrected chi connectivity index (χ4v) is 10.4. The van der Waals surface area contributed by atoms with E-state index in [0.717, 1.165) is 64.9 Å². The van der Waals surface area contributed by atoms with Gasteiger partial charge in [-0.25, -0.2) is 0 Å². The highest BCUT2D eigenvalue weighted by Crippen LogP contribution is 2.68. The summed E-state index contributed by atoms with van der Waals surface area (Å²) < 4.78 is 39.2. The number of carbonyl (C=O) groups is 3. The van der Waals surface area contributed by atoms with Crippen LogP contribution in [0.1, 0.15) is 98.8 Å². The second-order valence-corrected chi connectivity index (χ2v) is 15.8. The molecule has 4 rings (SSSR count). The number of nitrogens with one attached hydrogen (secondary N) is 1. The van der Waals surface area contributed by atoms with Crippen molar-refractivity contribution in [3.05, 3.63) is 0 Å². The molecule has 1 N–H and O–H groups in total. The van der Waals surface area contributed by atoms with Crippen molar-refractivity contribution in [2.75, 3.05) is 19.4 Å². The third kappa shape index (κ3) is 6.78. The van der Waals surface area contributed by atoms with Gasteiger partial charge in [0, 0.05) is 32.7 Å². The minimum atomic E-state index is -3.59. The van der Waals surface area contributed by atoms with Gasteiger partial charge in [0.25, 0.3) is 10.1 Å². The quantitative estimate of drug-likeness (QED) is 0.286. The first kappa shape index (κ1) is 32.2. The fraction of sp³-hybridized carbons (Fsp3) is 0.903. The predicted molar refractivity (Wildman–Crippen MR) is 154 cm³/mol. The van der Waals surface area contributed by atoms with Gasteiger partial charge in [-0.05, 0) is 98.2 Å². The highest BCUT2D eigenvalue weighted by molar-refractivity contribution is 7.86. The van der Waals surface area contributed by atoms with Crippen molar-refractivity contribution in [2.24, 2.45) is 46.3 Å². The van der Waals surface area contributed by atoms with E-state index in [2.05, 4.69) is 30.3 Å². The van der Waals surface area contributed by atoms with Crippen LogP contribution < -0.4 is 5.32 Å². The largest absolute Gasteiger partial charge is 0.463 e. The maximum atomic E-state index is 12.5. The van der Waals surface area contributed by atoms with E-state index < -0.39 is 10.1 Å². The lowest BCUT2D eigenvalue weighted by molar-refractivity contribution is -0.197.